The molecule has 1 radical (unpaired) electrons. The lowest BCUT2D eigenvalue weighted by molar-refractivity contribution is 0.636. The molecule has 1 aromatic heterocycles. The minimum absolute atomic E-state index is 0.172. The van der Waals surface area contributed by atoms with Crippen LogP contribution in [0.25, 0.3) is 23.1 Å². The number of hydrogen-bond acceptors (Lipinski definition) is 0. The number of aromatic nitrogens is 1. The van der Waals surface area contributed by atoms with Crippen LogP contribution >= 0.6 is 0 Å². The number of allylic oxidation sites excluding steroid dienone is 2. The fraction of sp³-hybridized carbons (Fsp3) is 0.368. The fourth-order valence-corrected chi connectivity index (χ4v) is 2.56. The molecule has 0 saturated carbocycles. The van der Waals surface area contributed by atoms with Crippen LogP contribution in [0.2, 0.25) is 5.31 Å². The van der Waals surface area contributed by atoms with E-state index in [9.17, 15) is 0 Å². The summed E-state index contributed by atoms with van der Waals surface area (Å²) in [4.78, 5) is 0. The van der Waals surface area contributed by atoms with Crippen LogP contribution in [0.1, 0.15) is 52.3 Å². The lowest BCUT2D eigenvalue weighted by Crippen LogP contribution is -2.21. The minimum atomic E-state index is 0.172. The second-order valence-corrected chi connectivity index (χ2v) is 6.16. The Labute approximate surface area is 129 Å². The number of hydrogen-bond donors (Lipinski definition) is 0. The Morgan fingerprint density at radius 2 is 1.76 bits per heavy atom. The molecule has 0 fully saturated rings. The molecular formula is C19H25BN. The van der Waals surface area contributed by atoms with Crippen LogP contribution in [0, 0.1) is 0 Å². The predicted molar refractivity (Wildman–Crippen MR) is 96.8 cm³/mol. The molecule has 1 heterocycles. The Kier molecular flexibility index (Phi) is 4.77. The quantitative estimate of drug-likeness (QED) is 0.610. The summed E-state index contributed by atoms with van der Waals surface area (Å²) in [6.07, 6.45) is 9.76. The molecule has 109 valence electrons. The highest BCUT2D eigenvalue weighted by Gasteiger charge is 2.23. The Hall–Kier alpha value is -1.70. The van der Waals surface area contributed by atoms with Gasteiger partial charge < -0.3 is 4.48 Å². The zero-order valence-electron chi connectivity index (χ0n) is 13.9. The van der Waals surface area contributed by atoms with E-state index < -0.39 is 0 Å². The molecule has 0 aliphatic carbocycles. The number of benzene rings is 1. The van der Waals surface area contributed by atoms with Crippen LogP contribution in [0.4, 0.5) is 0 Å². The molecule has 2 aromatic rings. The van der Waals surface area contributed by atoms with E-state index in [0.29, 0.717) is 0 Å². The van der Waals surface area contributed by atoms with E-state index in [-0.39, 0.29) is 5.31 Å². The van der Waals surface area contributed by atoms with Crippen molar-refractivity contribution in [2.24, 2.45) is 0 Å². The van der Waals surface area contributed by atoms with Gasteiger partial charge in [0.05, 0.1) is 0 Å². The zero-order valence-corrected chi connectivity index (χ0v) is 13.9. The summed E-state index contributed by atoms with van der Waals surface area (Å²) in [6.45, 7) is 11.0. The van der Waals surface area contributed by atoms with Crippen molar-refractivity contribution in [1.29, 1.82) is 0 Å². The summed E-state index contributed by atoms with van der Waals surface area (Å²) in [5, 5.41) is 1.48. The Bertz CT molecular complexity index is 674. The van der Waals surface area contributed by atoms with Crippen LogP contribution in [-0.2, 0) is 0 Å². The van der Waals surface area contributed by atoms with Gasteiger partial charge in [-0.3, -0.25) is 0 Å². The van der Waals surface area contributed by atoms with Gasteiger partial charge in [0.25, 0.3) is 7.41 Å². The summed E-state index contributed by atoms with van der Waals surface area (Å²) >= 11 is 0. The molecule has 0 aliphatic rings. The van der Waals surface area contributed by atoms with E-state index in [1.807, 2.05) is 0 Å². The van der Waals surface area contributed by atoms with Crippen molar-refractivity contribution >= 4 is 30.5 Å². The molecule has 2 heteroatoms. The average molecular weight is 278 g/mol. The molecule has 0 spiro atoms. The molecule has 1 aromatic carbocycles. The van der Waals surface area contributed by atoms with Crippen LogP contribution in [0.15, 0.2) is 36.4 Å². The maximum absolute atomic E-state index is 2.36. The van der Waals surface area contributed by atoms with Gasteiger partial charge in [-0.1, -0.05) is 63.6 Å². The number of para-hydroxylation sites is 1. The van der Waals surface area contributed by atoms with Crippen molar-refractivity contribution in [2.45, 2.75) is 46.4 Å². The maximum atomic E-state index is 2.36. The van der Waals surface area contributed by atoms with Gasteiger partial charge in [0.15, 0.2) is 0 Å². The Balaban J connectivity index is 2.75. The van der Waals surface area contributed by atoms with E-state index in [1.54, 1.807) is 0 Å². The second kappa shape index (κ2) is 6.38. The second-order valence-electron chi connectivity index (χ2n) is 6.16. The first kappa shape index (κ1) is 15.7. The van der Waals surface area contributed by atoms with Gasteiger partial charge in [0, 0.05) is 22.2 Å². The summed E-state index contributed by atoms with van der Waals surface area (Å²) < 4.78 is 2.36. The Morgan fingerprint density at radius 1 is 1.10 bits per heavy atom. The predicted octanol–water partition coefficient (Wildman–Crippen LogP) is 5.78. The highest BCUT2D eigenvalue weighted by molar-refractivity contribution is 6.40. The van der Waals surface area contributed by atoms with Crippen LogP contribution in [-0.4, -0.2) is 11.9 Å². The minimum Gasteiger partial charge on any atom is -0.389 e. The van der Waals surface area contributed by atoms with Gasteiger partial charge in [0.1, 0.15) is 0 Å². The van der Waals surface area contributed by atoms with E-state index in [0.717, 1.165) is 6.42 Å². The highest BCUT2D eigenvalue weighted by Crippen LogP contribution is 2.33. The first-order chi connectivity index (χ1) is 10.0. The van der Waals surface area contributed by atoms with Crippen molar-refractivity contribution in [3.05, 3.63) is 47.7 Å². The average Bonchev–Trinajstić information content (AvgIpc) is 2.75. The van der Waals surface area contributed by atoms with Crippen LogP contribution in [0.5, 0.6) is 0 Å². The largest absolute Gasteiger partial charge is 0.389 e. The monoisotopic (exact) mass is 278 g/mol. The van der Waals surface area contributed by atoms with Crippen molar-refractivity contribution < 1.29 is 0 Å². The van der Waals surface area contributed by atoms with Crippen LogP contribution in [0.3, 0.4) is 0 Å². The van der Waals surface area contributed by atoms with Crippen LogP contribution < -0.4 is 0 Å². The standard InChI is InChI=1S/C19H25BN/c1-6-11-15-16-13-9-10-14-18(16)21(17(15)12-7-2)20-19(4,5)8-3/h6-7,9-14H,8H2,1-5H3/b11-6-,12-7-. The first-order valence-electron chi connectivity index (χ1n) is 7.78. The first-order valence-corrected chi connectivity index (χ1v) is 7.78. The Morgan fingerprint density at radius 3 is 2.38 bits per heavy atom. The third-order valence-electron chi connectivity index (χ3n) is 4.04. The molecule has 0 bridgehead atoms. The zero-order chi connectivity index (χ0) is 15.5. The molecule has 0 atom stereocenters. The van der Waals surface area contributed by atoms with Crippen molar-refractivity contribution in [3.63, 3.8) is 0 Å². The molecule has 0 aliphatic heterocycles. The fourth-order valence-electron chi connectivity index (χ4n) is 2.56. The van der Waals surface area contributed by atoms with Gasteiger partial charge in [-0.25, -0.2) is 0 Å². The lowest BCUT2D eigenvalue weighted by Gasteiger charge is -2.23. The summed E-state index contributed by atoms with van der Waals surface area (Å²) in [7, 11) is 2.36. The number of rotatable bonds is 5. The smallest absolute Gasteiger partial charge is 0.259 e. The van der Waals surface area contributed by atoms with Gasteiger partial charge in [-0.15, -0.1) is 0 Å². The van der Waals surface area contributed by atoms with Gasteiger partial charge in [-0.2, -0.15) is 0 Å². The topological polar surface area (TPSA) is 4.93 Å². The van der Waals surface area contributed by atoms with Gasteiger partial charge in [-0.05, 0) is 31.3 Å². The normalized spacial score (nSPS) is 12.8. The third-order valence-corrected chi connectivity index (χ3v) is 4.04. The third kappa shape index (κ3) is 3.15. The lowest BCUT2D eigenvalue weighted by atomic mass is 9.61. The van der Waals surface area contributed by atoms with Crippen molar-refractivity contribution in [3.8, 4) is 0 Å². The molecule has 0 amide bonds. The van der Waals surface area contributed by atoms with E-state index in [4.69, 9.17) is 0 Å². The maximum Gasteiger partial charge on any atom is 0.259 e. The molecule has 2 rings (SSSR count). The van der Waals surface area contributed by atoms with Crippen molar-refractivity contribution in [1.82, 2.24) is 4.48 Å². The van der Waals surface area contributed by atoms with E-state index >= 15 is 0 Å². The number of nitrogens with zero attached hydrogens (tertiary/aromatic N) is 1. The van der Waals surface area contributed by atoms with Gasteiger partial charge in [0.2, 0.25) is 0 Å². The SMILES string of the molecule is C/C=C\c1c(/C=C\C)n([B]C(C)(C)CC)c2ccccc12. The highest BCUT2D eigenvalue weighted by atomic mass is 14.9. The summed E-state index contributed by atoms with van der Waals surface area (Å²) in [6, 6.07) is 8.65. The van der Waals surface area contributed by atoms with E-state index in [1.165, 1.54) is 22.2 Å². The molecule has 0 saturated heterocycles. The van der Waals surface area contributed by atoms with Crippen molar-refractivity contribution in [2.75, 3.05) is 0 Å². The number of fused-ring (bicyclic) bond motifs is 1. The molecule has 0 N–H and O–H groups in total. The molecular weight excluding hydrogens is 253 g/mol. The molecule has 1 nitrogen and oxygen atoms in total. The molecule has 0 unspecified atom stereocenters. The summed E-state index contributed by atoms with van der Waals surface area (Å²) in [5.74, 6) is 0. The summed E-state index contributed by atoms with van der Waals surface area (Å²) in [5.41, 5.74) is 3.84. The van der Waals surface area contributed by atoms with E-state index in [2.05, 4.69) is 95.1 Å². The van der Waals surface area contributed by atoms with Gasteiger partial charge >= 0.3 is 0 Å². The molecule has 21 heavy (non-hydrogen) atoms.